The molecule has 2 aromatic heterocycles. The van der Waals surface area contributed by atoms with Gasteiger partial charge >= 0.3 is 6.18 Å². The minimum absolute atomic E-state index is 0.140. The molecule has 4 rings (SSSR count). The first-order chi connectivity index (χ1) is 16.3. The van der Waals surface area contributed by atoms with Crippen LogP contribution in [0.4, 0.5) is 13.2 Å². The largest absolute Gasteiger partial charge is 0.416 e. The quantitative estimate of drug-likeness (QED) is 0.433. The lowest BCUT2D eigenvalue weighted by Crippen LogP contribution is -2.25. The Labute approximate surface area is 202 Å². The van der Waals surface area contributed by atoms with E-state index in [2.05, 4.69) is 10.1 Å². The number of hydrogen-bond acceptors (Lipinski definition) is 5. The van der Waals surface area contributed by atoms with Crippen LogP contribution in [0, 0.1) is 0 Å². The molecule has 0 atom stereocenters. The SMILES string of the molecule is CN(C)C(=O)c1c(S(N)(=O)=O)nn2c(-c3ccc(C(F)(F)F)cc3)c(-c3ccccc3Cl)cnc12. The predicted octanol–water partition coefficient (Wildman–Crippen LogP) is 4.08. The number of carbonyl (C=O) groups is 1. The lowest BCUT2D eigenvalue weighted by Gasteiger charge is -2.14. The summed E-state index contributed by atoms with van der Waals surface area (Å²) in [4.78, 5) is 18.3. The highest BCUT2D eigenvalue weighted by atomic mass is 35.5. The molecule has 0 spiro atoms. The van der Waals surface area contributed by atoms with E-state index in [0.717, 1.165) is 21.5 Å². The van der Waals surface area contributed by atoms with E-state index in [4.69, 9.17) is 16.7 Å². The molecular formula is C22H17ClF3N5O3S. The highest BCUT2D eigenvalue weighted by molar-refractivity contribution is 7.89. The summed E-state index contributed by atoms with van der Waals surface area (Å²) in [7, 11) is -1.66. The molecule has 2 N–H and O–H groups in total. The van der Waals surface area contributed by atoms with Gasteiger partial charge in [-0.3, -0.25) is 4.79 Å². The van der Waals surface area contributed by atoms with Crippen LogP contribution < -0.4 is 5.14 Å². The second kappa shape index (κ2) is 8.63. The number of rotatable bonds is 4. The van der Waals surface area contributed by atoms with Gasteiger partial charge in [0.25, 0.3) is 15.9 Å². The minimum atomic E-state index is -4.56. The fraction of sp³-hybridized carbons (Fsp3) is 0.136. The molecule has 2 heterocycles. The fourth-order valence-corrected chi connectivity index (χ4v) is 4.44. The van der Waals surface area contributed by atoms with E-state index in [0.29, 0.717) is 16.1 Å². The van der Waals surface area contributed by atoms with Crippen molar-refractivity contribution in [3.05, 3.63) is 70.9 Å². The number of fused-ring (bicyclic) bond motifs is 1. The van der Waals surface area contributed by atoms with Gasteiger partial charge in [-0.05, 0) is 18.2 Å². The number of benzene rings is 2. The molecule has 2 aromatic carbocycles. The Balaban J connectivity index is 2.14. The van der Waals surface area contributed by atoms with Crippen LogP contribution in [0.25, 0.3) is 28.0 Å². The Morgan fingerprint density at radius 2 is 1.69 bits per heavy atom. The standard InChI is InChI=1S/C22H17ClF3N5O3S/c1-30(2)21(32)17-19-28-11-15(14-5-3-4-6-16(14)23)18(31(19)29-20(17)35(27,33)34)12-7-9-13(10-8-12)22(24,25)26/h3-11H,1-2H3,(H2,27,33,34). The topological polar surface area (TPSA) is 111 Å². The number of hydrogen-bond donors (Lipinski definition) is 1. The van der Waals surface area contributed by atoms with E-state index in [9.17, 15) is 26.4 Å². The summed E-state index contributed by atoms with van der Waals surface area (Å²) < 4.78 is 65.2. The van der Waals surface area contributed by atoms with E-state index < -0.39 is 32.7 Å². The molecule has 0 fully saturated rings. The van der Waals surface area contributed by atoms with Gasteiger partial charge in [-0.2, -0.15) is 18.3 Å². The summed E-state index contributed by atoms with van der Waals surface area (Å²) in [6, 6.07) is 10.8. The molecule has 0 aliphatic heterocycles. The number of alkyl halides is 3. The van der Waals surface area contributed by atoms with E-state index >= 15 is 0 Å². The fourth-order valence-electron chi connectivity index (χ4n) is 3.55. The summed E-state index contributed by atoms with van der Waals surface area (Å²) >= 11 is 6.37. The Morgan fingerprint density at radius 3 is 2.23 bits per heavy atom. The van der Waals surface area contributed by atoms with Crippen LogP contribution in [-0.4, -0.2) is 47.9 Å². The molecule has 4 aromatic rings. The van der Waals surface area contributed by atoms with Crippen molar-refractivity contribution in [3.63, 3.8) is 0 Å². The van der Waals surface area contributed by atoms with Crippen molar-refractivity contribution in [2.45, 2.75) is 11.2 Å². The molecule has 0 aliphatic carbocycles. The second-order valence-corrected chi connectivity index (χ2v) is 9.62. The lowest BCUT2D eigenvalue weighted by molar-refractivity contribution is -0.137. The number of amides is 1. The number of nitrogens with two attached hydrogens (primary N) is 1. The zero-order valence-corrected chi connectivity index (χ0v) is 19.8. The minimum Gasteiger partial charge on any atom is -0.345 e. The molecule has 0 bridgehead atoms. The van der Waals surface area contributed by atoms with Crippen LogP contribution in [-0.2, 0) is 16.2 Å². The number of sulfonamides is 1. The number of aromatic nitrogens is 3. The van der Waals surface area contributed by atoms with Crippen LogP contribution in [0.5, 0.6) is 0 Å². The van der Waals surface area contributed by atoms with Crippen molar-refractivity contribution >= 4 is 33.2 Å². The number of halogens is 4. The highest BCUT2D eigenvalue weighted by Gasteiger charge is 2.32. The van der Waals surface area contributed by atoms with Gasteiger partial charge in [-0.25, -0.2) is 23.1 Å². The molecule has 0 aliphatic rings. The van der Waals surface area contributed by atoms with Crippen molar-refractivity contribution in [1.82, 2.24) is 19.5 Å². The molecule has 0 unspecified atom stereocenters. The Kier molecular flexibility index (Phi) is 6.07. The van der Waals surface area contributed by atoms with E-state index in [1.807, 2.05) is 0 Å². The summed E-state index contributed by atoms with van der Waals surface area (Å²) in [5.41, 5.74) is -0.163. The van der Waals surface area contributed by atoms with Crippen LogP contribution in [0.15, 0.2) is 59.8 Å². The van der Waals surface area contributed by atoms with Crippen molar-refractivity contribution < 1.29 is 26.4 Å². The molecule has 0 radical (unpaired) electrons. The molecule has 0 saturated heterocycles. The van der Waals surface area contributed by atoms with Crippen LogP contribution >= 0.6 is 11.6 Å². The number of primary sulfonamides is 1. The van der Waals surface area contributed by atoms with E-state index in [-0.39, 0.29) is 22.5 Å². The smallest absolute Gasteiger partial charge is 0.345 e. The van der Waals surface area contributed by atoms with Crippen LogP contribution in [0.3, 0.4) is 0 Å². The maximum Gasteiger partial charge on any atom is 0.416 e. The van der Waals surface area contributed by atoms with Crippen LogP contribution in [0.2, 0.25) is 5.02 Å². The van der Waals surface area contributed by atoms with Crippen LogP contribution in [0.1, 0.15) is 15.9 Å². The first kappa shape index (κ1) is 24.6. The van der Waals surface area contributed by atoms with Gasteiger partial charge < -0.3 is 4.90 Å². The monoisotopic (exact) mass is 523 g/mol. The molecule has 182 valence electrons. The maximum absolute atomic E-state index is 13.2. The maximum atomic E-state index is 13.2. The second-order valence-electron chi connectivity index (χ2n) is 7.74. The zero-order chi connectivity index (χ0) is 25.7. The molecule has 8 nitrogen and oxygen atoms in total. The van der Waals surface area contributed by atoms with Crippen molar-refractivity contribution in [2.24, 2.45) is 5.14 Å². The van der Waals surface area contributed by atoms with Gasteiger partial charge in [-0.15, -0.1) is 0 Å². The summed E-state index contributed by atoms with van der Waals surface area (Å²) in [5.74, 6) is -0.722. The average Bonchev–Trinajstić information content (AvgIpc) is 3.18. The third-order valence-electron chi connectivity index (χ3n) is 5.15. The third-order valence-corrected chi connectivity index (χ3v) is 6.31. The first-order valence-electron chi connectivity index (χ1n) is 9.89. The Morgan fingerprint density at radius 1 is 1.06 bits per heavy atom. The predicted molar refractivity (Wildman–Crippen MR) is 123 cm³/mol. The zero-order valence-electron chi connectivity index (χ0n) is 18.2. The summed E-state index contributed by atoms with van der Waals surface area (Å²) in [5, 5.41) is 9.02. The van der Waals surface area contributed by atoms with Crippen molar-refractivity contribution in [3.8, 4) is 22.4 Å². The molecule has 1 amide bonds. The van der Waals surface area contributed by atoms with E-state index in [1.54, 1.807) is 24.3 Å². The summed E-state index contributed by atoms with van der Waals surface area (Å²) in [6.07, 6.45) is -3.21. The van der Waals surface area contributed by atoms with Gasteiger partial charge in [-0.1, -0.05) is 41.9 Å². The van der Waals surface area contributed by atoms with Gasteiger partial charge in [0.2, 0.25) is 5.03 Å². The number of carbonyl (C=O) groups excluding carboxylic acids is 1. The molecule has 35 heavy (non-hydrogen) atoms. The Hall–Kier alpha value is -3.48. The third kappa shape index (κ3) is 4.47. The normalized spacial score (nSPS) is 12.2. The van der Waals surface area contributed by atoms with Gasteiger partial charge in [0.15, 0.2) is 5.65 Å². The molecular weight excluding hydrogens is 507 g/mol. The molecule has 13 heteroatoms. The first-order valence-corrected chi connectivity index (χ1v) is 11.8. The van der Waals surface area contributed by atoms with E-state index in [1.165, 1.54) is 32.4 Å². The molecule has 0 saturated carbocycles. The highest BCUT2D eigenvalue weighted by Crippen LogP contribution is 2.38. The lowest BCUT2D eigenvalue weighted by atomic mass is 9.99. The van der Waals surface area contributed by atoms with Crippen molar-refractivity contribution in [1.29, 1.82) is 0 Å². The van der Waals surface area contributed by atoms with Gasteiger partial charge in [0, 0.05) is 42.0 Å². The van der Waals surface area contributed by atoms with Gasteiger partial charge in [0.1, 0.15) is 5.56 Å². The summed E-state index contributed by atoms with van der Waals surface area (Å²) in [6.45, 7) is 0. The van der Waals surface area contributed by atoms with Crippen molar-refractivity contribution in [2.75, 3.05) is 14.1 Å². The number of nitrogens with zero attached hydrogens (tertiary/aromatic N) is 4. The Bertz CT molecular complexity index is 1570. The van der Waals surface area contributed by atoms with Gasteiger partial charge in [0.05, 0.1) is 11.3 Å². The average molecular weight is 524 g/mol.